The minimum absolute atomic E-state index is 0.00917. The van der Waals surface area contributed by atoms with Crippen LogP contribution in [0.15, 0.2) is 0 Å². The third-order valence-electron chi connectivity index (χ3n) is 3.02. The van der Waals surface area contributed by atoms with E-state index in [1.165, 1.54) is 13.8 Å². The molecular formula is C13H17F3N2O3. The molecule has 0 atom stereocenters. The molecular weight excluding hydrogens is 289 g/mol. The number of carbonyl (C=O) groups is 2. The highest BCUT2D eigenvalue weighted by Crippen LogP contribution is 2.23. The van der Waals surface area contributed by atoms with Gasteiger partial charge in [0, 0.05) is 12.2 Å². The van der Waals surface area contributed by atoms with Gasteiger partial charge in [-0.2, -0.15) is 13.2 Å². The molecule has 118 valence electrons. The Hall–Kier alpha value is -1.99. The lowest BCUT2D eigenvalue weighted by Crippen LogP contribution is -2.39. The molecule has 5 nitrogen and oxygen atoms in total. The van der Waals surface area contributed by atoms with Gasteiger partial charge in [0.1, 0.15) is 12.2 Å². The zero-order valence-electron chi connectivity index (χ0n) is 12.0. The monoisotopic (exact) mass is 306 g/mol. The van der Waals surface area contributed by atoms with Crippen molar-refractivity contribution >= 4 is 11.9 Å². The molecule has 0 unspecified atom stereocenters. The number of carbonyl (C=O) groups excluding carboxylic acids is 1. The molecule has 0 aliphatic carbocycles. The third-order valence-corrected chi connectivity index (χ3v) is 3.02. The number of halogens is 3. The largest absolute Gasteiger partial charge is 0.477 e. The average Bonchev–Trinajstić information content (AvgIpc) is 2.62. The van der Waals surface area contributed by atoms with E-state index in [0.29, 0.717) is 11.3 Å². The Balaban J connectivity index is 3.18. The molecule has 1 aromatic rings. The number of hydrogen-bond acceptors (Lipinski definition) is 2. The zero-order chi connectivity index (χ0) is 16.4. The molecule has 0 saturated heterocycles. The number of hydrogen-bond donors (Lipinski definition) is 2. The smallest absolute Gasteiger partial charge is 0.406 e. The Morgan fingerprint density at radius 3 is 2.24 bits per heavy atom. The van der Waals surface area contributed by atoms with E-state index in [9.17, 15) is 22.8 Å². The first-order chi connectivity index (χ1) is 9.58. The fourth-order valence-electron chi connectivity index (χ4n) is 2.18. The minimum atomic E-state index is -4.50. The molecule has 0 aromatic carbocycles. The number of nitrogens with one attached hydrogen (secondary N) is 1. The fraction of sp³-hybridized carbons (Fsp3) is 0.538. The number of aryl methyl sites for hydroxylation is 1. The first-order valence-electron chi connectivity index (χ1n) is 6.37. The molecule has 1 amide bonds. The standard InChI is InChI=1S/C13H17F3N2O3/c1-4-5-18(6-13(14,15)16)11(19)9-7(2)10(12(20)21)17-8(9)3/h17H,4-6H2,1-3H3,(H,20,21). The van der Waals surface area contributed by atoms with Crippen molar-refractivity contribution in [3.05, 3.63) is 22.5 Å². The summed E-state index contributed by atoms with van der Waals surface area (Å²) in [4.78, 5) is 26.5. The van der Waals surface area contributed by atoms with Crippen molar-refractivity contribution in [3.63, 3.8) is 0 Å². The molecule has 0 bridgehead atoms. The Kier molecular flexibility index (Phi) is 5.03. The van der Waals surface area contributed by atoms with Gasteiger partial charge in [-0.3, -0.25) is 4.79 Å². The zero-order valence-corrected chi connectivity index (χ0v) is 12.0. The van der Waals surface area contributed by atoms with Crippen LogP contribution in [0.3, 0.4) is 0 Å². The van der Waals surface area contributed by atoms with Crippen LogP contribution in [0, 0.1) is 13.8 Å². The summed E-state index contributed by atoms with van der Waals surface area (Å²) < 4.78 is 37.6. The molecule has 2 N–H and O–H groups in total. The number of aromatic nitrogens is 1. The second-order valence-electron chi connectivity index (χ2n) is 4.77. The summed E-state index contributed by atoms with van der Waals surface area (Å²) in [7, 11) is 0. The normalized spacial score (nSPS) is 11.5. The van der Waals surface area contributed by atoms with Gasteiger partial charge in [0.15, 0.2) is 0 Å². The summed E-state index contributed by atoms with van der Waals surface area (Å²) in [6.45, 7) is 3.12. The van der Waals surface area contributed by atoms with Crippen LogP contribution in [0.1, 0.15) is 45.4 Å². The molecule has 0 radical (unpaired) electrons. The quantitative estimate of drug-likeness (QED) is 0.878. The summed E-state index contributed by atoms with van der Waals surface area (Å²) >= 11 is 0. The first-order valence-corrected chi connectivity index (χ1v) is 6.37. The van der Waals surface area contributed by atoms with Crippen LogP contribution >= 0.6 is 0 Å². The van der Waals surface area contributed by atoms with E-state index in [1.807, 2.05) is 0 Å². The van der Waals surface area contributed by atoms with Crippen molar-refractivity contribution in [1.82, 2.24) is 9.88 Å². The lowest BCUT2D eigenvalue weighted by molar-refractivity contribution is -0.140. The van der Waals surface area contributed by atoms with Crippen LogP contribution in [0.4, 0.5) is 13.2 Å². The van der Waals surface area contributed by atoms with Gasteiger partial charge in [0.2, 0.25) is 0 Å². The maximum atomic E-state index is 12.5. The molecule has 1 rings (SSSR count). The summed E-state index contributed by atoms with van der Waals surface area (Å²) in [5.41, 5.74) is 0.205. The van der Waals surface area contributed by atoms with Gasteiger partial charge in [-0.15, -0.1) is 0 Å². The first kappa shape index (κ1) is 17.1. The number of rotatable bonds is 5. The van der Waals surface area contributed by atoms with Crippen molar-refractivity contribution < 1.29 is 27.9 Å². The molecule has 0 aliphatic heterocycles. The highest BCUT2D eigenvalue weighted by atomic mass is 19.4. The minimum Gasteiger partial charge on any atom is -0.477 e. The van der Waals surface area contributed by atoms with E-state index < -0.39 is 24.6 Å². The fourth-order valence-corrected chi connectivity index (χ4v) is 2.18. The van der Waals surface area contributed by atoms with Crippen molar-refractivity contribution in [2.75, 3.05) is 13.1 Å². The second-order valence-corrected chi connectivity index (χ2v) is 4.77. The number of aromatic amines is 1. The van der Waals surface area contributed by atoms with Crippen molar-refractivity contribution in [1.29, 1.82) is 0 Å². The second kappa shape index (κ2) is 6.19. The van der Waals surface area contributed by atoms with E-state index in [2.05, 4.69) is 4.98 Å². The van der Waals surface area contributed by atoms with Crippen molar-refractivity contribution in [3.8, 4) is 0 Å². The van der Waals surface area contributed by atoms with E-state index in [-0.39, 0.29) is 29.1 Å². The molecule has 1 aromatic heterocycles. The highest BCUT2D eigenvalue weighted by Gasteiger charge is 2.34. The van der Waals surface area contributed by atoms with Crippen LogP contribution < -0.4 is 0 Å². The van der Waals surface area contributed by atoms with Gasteiger partial charge >= 0.3 is 12.1 Å². The Morgan fingerprint density at radius 1 is 1.29 bits per heavy atom. The molecule has 0 saturated carbocycles. The van der Waals surface area contributed by atoms with Crippen molar-refractivity contribution in [2.45, 2.75) is 33.4 Å². The van der Waals surface area contributed by atoms with Gasteiger partial charge in [-0.05, 0) is 25.8 Å². The van der Waals surface area contributed by atoms with E-state index in [0.717, 1.165) is 0 Å². The van der Waals surface area contributed by atoms with Crippen LogP contribution in [0.5, 0.6) is 0 Å². The summed E-state index contributed by atoms with van der Waals surface area (Å²) in [6.07, 6.45) is -4.13. The number of carboxylic acids is 1. The number of carboxylic acid groups (broad SMARTS) is 1. The predicted octanol–water partition coefficient (Wildman–Crippen LogP) is 2.74. The molecule has 0 fully saturated rings. The van der Waals surface area contributed by atoms with Crippen LogP contribution in [0.25, 0.3) is 0 Å². The highest BCUT2D eigenvalue weighted by molar-refractivity contribution is 6.00. The van der Waals surface area contributed by atoms with Gasteiger partial charge in [-0.1, -0.05) is 6.92 Å². The number of alkyl halides is 3. The Bertz CT molecular complexity index is 550. The lowest BCUT2D eigenvalue weighted by Gasteiger charge is -2.23. The molecule has 1 heterocycles. The topological polar surface area (TPSA) is 73.4 Å². The van der Waals surface area contributed by atoms with Gasteiger partial charge in [0.25, 0.3) is 5.91 Å². The maximum Gasteiger partial charge on any atom is 0.406 e. The van der Waals surface area contributed by atoms with Crippen LogP contribution in [-0.4, -0.2) is 46.1 Å². The SMILES string of the molecule is CCCN(CC(F)(F)F)C(=O)c1c(C)[nH]c(C(=O)O)c1C. The van der Waals surface area contributed by atoms with E-state index >= 15 is 0 Å². The Morgan fingerprint density at radius 2 is 1.86 bits per heavy atom. The summed E-state index contributed by atoms with van der Waals surface area (Å²) in [5.74, 6) is -2.07. The van der Waals surface area contributed by atoms with Gasteiger partial charge in [-0.25, -0.2) is 4.79 Å². The molecule has 8 heteroatoms. The van der Waals surface area contributed by atoms with Crippen LogP contribution in [0.2, 0.25) is 0 Å². The van der Waals surface area contributed by atoms with Crippen molar-refractivity contribution in [2.24, 2.45) is 0 Å². The van der Waals surface area contributed by atoms with Gasteiger partial charge in [0.05, 0.1) is 5.56 Å². The number of amides is 1. The number of nitrogens with zero attached hydrogens (tertiary/aromatic N) is 1. The third kappa shape index (κ3) is 3.99. The average molecular weight is 306 g/mol. The number of H-pyrrole nitrogens is 1. The van der Waals surface area contributed by atoms with E-state index in [4.69, 9.17) is 5.11 Å². The lowest BCUT2D eigenvalue weighted by atomic mass is 10.1. The number of aromatic carboxylic acids is 1. The Labute approximate surface area is 119 Å². The predicted molar refractivity (Wildman–Crippen MR) is 69.5 cm³/mol. The maximum absolute atomic E-state index is 12.5. The summed E-state index contributed by atoms with van der Waals surface area (Å²) in [5, 5.41) is 8.98. The van der Waals surface area contributed by atoms with E-state index in [1.54, 1.807) is 6.92 Å². The van der Waals surface area contributed by atoms with Gasteiger partial charge < -0.3 is 15.0 Å². The van der Waals surface area contributed by atoms with Crippen LogP contribution in [-0.2, 0) is 0 Å². The summed E-state index contributed by atoms with van der Waals surface area (Å²) in [6, 6.07) is 0. The molecule has 0 aliphatic rings. The molecule has 0 spiro atoms. The molecule has 21 heavy (non-hydrogen) atoms.